The lowest BCUT2D eigenvalue weighted by molar-refractivity contribution is -0.143. The Morgan fingerprint density at radius 3 is 2.35 bits per heavy atom. The average Bonchev–Trinajstić information content (AvgIpc) is 2.76. The first-order chi connectivity index (χ1) is 9.40. The van der Waals surface area contributed by atoms with Gasteiger partial charge in [0, 0.05) is 26.2 Å². The molecule has 20 heavy (non-hydrogen) atoms. The molecule has 1 fully saturated rings. The Morgan fingerprint density at radius 1 is 1.30 bits per heavy atom. The van der Waals surface area contributed by atoms with Gasteiger partial charge in [0.1, 0.15) is 6.04 Å². The van der Waals surface area contributed by atoms with Crippen LogP contribution >= 0.6 is 43.2 Å². The molecule has 1 N–H and O–H groups in total. The molecule has 1 unspecified atom stereocenters. The summed E-state index contributed by atoms with van der Waals surface area (Å²) < 4.78 is 1.72. The Morgan fingerprint density at radius 2 is 1.90 bits per heavy atom. The highest BCUT2D eigenvalue weighted by molar-refractivity contribution is 9.12. The summed E-state index contributed by atoms with van der Waals surface area (Å²) in [5, 5.41) is 8.99. The smallest absolute Gasteiger partial charge is 0.320 e. The molecule has 0 radical (unpaired) electrons. The molecule has 8 heteroatoms. The molecule has 2 heterocycles. The topological polar surface area (TPSA) is 60.9 Å². The summed E-state index contributed by atoms with van der Waals surface area (Å²) in [6, 6.07) is 1.30. The van der Waals surface area contributed by atoms with Gasteiger partial charge in [-0.3, -0.25) is 14.5 Å². The monoisotopic (exact) mass is 424 g/mol. The van der Waals surface area contributed by atoms with Crippen LogP contribution in [0.15, 0.2) is 13.6 Å². The van der Waals surface area contributed by atoms with Crippen molar-refractivity contribution in [1.82, 2.24) is 9.80 Å². The number of aliphatic carboxylic acids is 1. The lowest BCUT2D eigenvalue weighted by Gasteiger charge is -2.36. The minimum absolute atomic E-state index is 0.0125. The number of nitrogens with zero attached hydrogens (tertiary/aromatic N) is 2. The summed E-state index contributed by atoms with van der Waals surface area (Å²) in [6.45, 7) is 3.95. The first-order valence-corrected chi connectivity index (χ1v) is 8.51. The van der Waals surface area contributed by atoms with E-state index in [9.17, 15) is 9.59 Å². The Kier molecular flexibility index (Phi) is 5.22. The van der Waals surface area contributed by atoms with Crippen LogP contribution in [0.3, 0.4) is 0 Å². The second kappa shape index (κ2) is 6.55. The molecule has 1 aliphatic heterocycles. The van der Waals surface area contributed by atoms with E-state index in [1.807, 2.05) is 11.0 Å². The number of carboxylic acids is 1. The molecule has 0 aromatic carbocycles. The molecule has 0 aliphatic carbocycles. The van der Waals surface area contributed by atoms with Crippen molar-refractivity contribution < 1.29 is 14.7 Å². The van der Waals surface area contributed by atoms with Crippen LogP contribution < -0.4 is 0 Å². The van der Waals surface area contributed by atoms with Crippen molar-refractivity contribution in [2.45, 2.75) is 13.0 Å². The van der Waals surface area contributed by atoms with Gasteiger partial charge in [0.15, 0.2) is 0 Å². The number of halogens is 2. The summed E-state index contributed by atoms with van der Waals surface area (Å²) in [4.78, 5) is 27.0. The van der Waals surface area contributed by atoms with E-state index >= 15 is 0 Å². The van der Waals surface area contributed by atoms with Crippen molar-refractivity contribution in [2.24, 2.45) is 0 Å². The van der Waals surface area contributed by atoms with Crippen LogP contribution in [-0.4, -0.2) is 59.0 Å². The van der Waals surface area contributed by atoms with Crippen molar-refractivity contribution in [3.8, 4) is 0 Å². The second-order valence-corrected chi connectivity index (χ2v) is 8.33. The summed E-state index contributed by atoms with van der Waals surface area (Å²) in [7, 11) is 0. The Hall–Kier alpha value is -0.440. The molecule has 0 saturated carbocycles. The van der Waals surface area contributed by atoms with Crippen LogP contribution in [0.4, 0.5) is 0 Å². The largest absolute Gasteiger partial charge is 0.480 e. The minimum atomic E-state index is -0.825. The molecule has 0 spiro atoms. The quantitative estimate of drug-likeness (QED) is 0.808. The van der Waals surface area contributed by atoms with Gasteiger partial charge in [-0.15, -0.1) is 11.3 Å². The fourth-order valence-electron chi connectivity index (χ4n) is 2.12. The van der Waals surface area contributed by atoms with E-state index in [1.54, 1.807) is 11.8 Å². The Bertz CT molecular complexity index is 527. The van der Waals surface area contributed by atoms with Crippen molar-refractivity contribution in [2.75, 3.05) is 26.2 Å². The zero-order valence-corrected chi connectivity index (χ0v) is 14.8. The van der Waals surface area contributed by atoms with Gasteiger partial charge in [-0.25, -0.2) is 0 Å². The lowest BCUT2D eigenvalue weighted by atomic mass is 10.2. The van der Waals surface area contributed by atoms with Gasteiger partial charge in [-0.05, 0) is 44.8 Å². The van der Waals surface area contributed by atoms with E-state index in [2.05, 4.69) is 31.9 Å². The van der Waals surface area contributed by atoms with Gasteiger partial charge in [0.05, 0.1) is 13.1 Å². The number of thiophene rings is 1. The van der Waals surface area contributed by atoms with Gasteiger partial charge in [0.2, 0.25) is 0 Å². The van der Waals surface area contributed by atoms with Gasteiger partial charge in [0.25, 0.3) is 5.91 Å². The van der Waals surface area contributed by atoms with Crippen molar-refractivity contribution in [3.05, 3.63) is 19.2 Å². The third kappa shape index (κ3) is 3.41. The maximum atomic E-state index is 12.4. The third-order valence-corrected chi connectivity index (χ3v) is 5.73. The third-order valence-electron chi connectivity index (χ3n) is 3.39. The van der Waals surface area contributed by atoms with E-state index in [1.165, 1.54) is 11.3 Å². The highest BCUT2D eigenvalue weighted by atomic mass is 79.9. The zero-order valence-electron chi connectivity index (χ0n) is 10.8. The van der Waals surface area contributed by atoms with Crippen molar-refractivity contribution in [1.29, 1.82) is 0 Å². The number of amides is 1. The Balaban J connectivity index is 1.99. The van der Waals surface area contributed by atoms with Gasteiger partial charge >= 0.3 is 5.97 Å². The standard InChI is InChI=1S/C12H14Br2N2O3S/c1-7(12(18)19)15-2-4-16(5-3-15)11(17)8-6-9(13)20-10(8)14/h6-7H,2-5H2,1H3,(H,18,19). The van der Waals surface area contributed by atoms with Crippen molar-refractivity contribution >= 4 is 55.1 Å². The van der Waals surface area contributed by atoms with Crippen LogP contribution in [0.1, 0.15) is 17.3 Å². The van der Waals surface area contributed by atoms with Crippen LogP contribution in [0.2, 0.25) is 0 Å². The summed E-state index contributed by atoms with van der Waals surface area (Å²) in [5.41, 5.74) is 0.654. The molecular formula is C12H14Br2N2O3S. The highest BCUT2D eigenvalue weighted by Crippen LogP contribution is 2.32. The van der Waals surface area contributed by atoms with Crippen LogP contribution in [0.5, 0.6) is 0 Å². The van der Waals surface area contributed by atoms with Gasteiger partial charge in [-0.2, -0.15) is 0 Å². The maximum absolute atomic E-state index is 12.4. The highest BCUT2D eigenvalue weighted by Gasteiger charge is 2.28. The summed E-state index contributed by atoms with van der Waals surface area (Å²) in [6.07, 6.45) is 0. The van der Waals surface area contributed by atoms with Crippen molar-refractivity contribution in [3.63, 3.8) is 0 Å². The van der Waals surface area contributed by atoms with Crippen LogP contribution in [0, 0.1) is 0 Å². The fraction of sp³-hybridized carbons (Fsp3) is 0.500. The predicted molar refractivity (Wildman–Crippen MR) is 84.3 cm³/mol. The summed E-state index contributed by atoms with van der Waals surface area (Å²) in [5.74, 6) is -0.837. The number of piperazine rings is 1. The number of rotatable bonds is 3. The molecule has 1 aromatic rings. The fourth-order valence-corrected chi connectivity index (χ4v) is 4.90. The van der Waals surface area contributed by atoms with E-state index < -0.39 is 12.0 Å². The molecule has 1 aromatic heterocycles. The molecule has 1 amide bonds. The van der Waals surface area contributed by atoms with Crippen LogP contribution in [0.25, 0.3) is 0 Å². The number of hydrogen-bond donors (Lipinski definition) is 1. The normalized spacial score (nSPS) is 18.1. The molecular weight excluding hydrogens is 412 g/mol. The zero-order chi connectivity index (χ0) is 14.9. The number of carbonyl (C=O) groups is 2. The van der Waals surface area contributed by atoms with E-state index in [0.717, 1.165) is 7.57 Å². The predicted octanol–water partition coefficient (Wildman–Crippen LogP) is 2.50. The molecule has 1 saturated heterocycles. The first kappa shape index (κ1) is 15.9. The van der Waals surface area contributed by atoms with Gasteiger partial charge < -0.3 is 10.0 Å². The van der Waals surface area contributed by atoms with E-state index in [-0.39, 0.29) is 5.91 Å². The Labute approximate surface area is 137 Å². The SMILES string of the molecule is CC(C(=O)O)N1CCN(C(=O)c2cc(Br)sc2Br)CC1. The van der Waals surface area contributed by atoms with E-state index in [4.69, 9.17) is 5.11 Å². The molecule has 1 aliphatic rings. The minimum Gasteiger partial charge on any atom is -0.480 e. The van der Waals surface area contributed by atoms with Gasteiger partial charge in [-0.1, -0.05) is 0 Å². The molecule has 0 bridgehead atoms. The maximum Gasteiger partial charge on any atom is 0.320 e. The molecule has 110 valence electrons. The number of hydrogen-bond acceptors (Lipinski definition) is 4. The van der Waals surface area contributed by atoms with Crippen LogP contribution in [-0.2, 0) is 4.79 Å². The number of carboxylic acid groups (broad SMARTS) is 1. The molecule has 2 rings (SSSR count). The first-order valence-electron chi connectivity index (χ1n) is 6.11. The number of carbonyl (C=O) groups excluding carboxylic acids is 1. The second-order valence-electron chi connectivity index (χ2n) is 4.58. The summed E-state index contributed by atoms with van der Waals surface area (Å²) >= 11 is 8.22. The lowest BCUT2D eigenvalue weighted by Crippen LogP contribution is -2.53. The molecule has 5 nitrogen and oxygen atoms in total. The van der Waals surface area contributed by atoms with E-state index in [0.29, 0.717) is 31.7 Å². The molecule has 1 atom stereocenters. The average molecular weight is 426 g/mol.